The van der Waals surface area contributed by atoms with Gasteiger partial charge in [0.2, 0.25) is 11.7 Å². The average Bonchev–Trinajstić information content (AvgIpc) is 3.04. The van der Waals surface area contributed by atoms with E-state index in [1.165, 1.54) is 0 Å². The standard InChI is InChI=1S/C17H22ClN3O2/c1-2-22-15-6-9-21(10-7-15)11-8-16-19-17(20-23-16)13-4-3-5-14(18)12-13/h3-5,12,15H,2,6-11H2,1H3. The number of piperidine rings is 1. The molecule has 1 fully saturated rings. The Morgan fingerprint density at radius 3 is 2.91 bits per heavy atom. The Labute approximate surface area is 141 Å². The van der Waals surface area contributed by atoms with Gasteiger partial charge in [-0.05, 0) is 31.9 Å². The summed E-state index contributed by atoms with van der Waals surface area (Å²) < 4.78 is 11.0. The van der Waals surface area contributed by atoms with Crippen molar-refractivity contribution in [2.45, 2.75) is 32.3 Å². The van der Waals surface area contributed by atoms with Crippen molar-refractivity contribution in [2.75, 3.05) is 26.2 Å². The summed E-state index contributed by atoms with van der Waals surface area (Å²) in [6.45, 7) is 5.94. The van der Waals surface area contributed by atoms with Gasteiger partial charge in [-0.15, -0.1) is 0 Å². The van der Waals surface area contributed by atoms with Gasteiger partial charge in [-0.3, -0.25) is 0 Å². The summed E-state index contributed by atoms with van der Waals surface area (Å²) in [6, 6.07) is 7.49. The second-order valence-corrected chi connectivity index (χ2v) is 6.20. The van der Waals surface area contributed by atoms with Gasteiger partial charge in [0.25, 0.3) is 0 Å². The molecular weight excluding hydrogens is 314 g/mol. The summed E-state index contributed by atoms with van der Waals surface area (Å²) in [5.74, 6) is 1.27. The number of nitrogens with zero attached hydrogens (tertiary/aromatic N) is 3. The first-order valence-electron chi connectivity index (χ1n) is 8.17. The third kappa shape index (κ3) is 4.53. The highest BCUT2D eigenvalue weighted by molar-refractivity contribution is 6.30. The number of benzene rings is 1. The van der Waals surface area contributed by atoms with Crippen LogP contribution in [0, 0.1) is 0 Å². The highest BCUT2D eigenvalue weighted by Gasteiger charge is 2.19. The largest absolute Gasteiger partial charge is 0.378 e. The van der Waals surface area contributed by atoms with Crippen molar-refractivity contribution >= 4 is 11.6 Å². The highest BCUT2D eigenvalue weighted by atomic mass is 35.5. The van der Waals surface area contributed by atoms with Crippen LogP contribution in [0.1, 0.15) is 25.7 Å². The normalized spacial score (nSPS) is 16.8. The summed E-state index contributed by atoms with van der Waals surface area (Å²) in [4.78, 5) is 6.89. The first-order chi connectivity index (χ1) is 11.2. The van der Waals surface area contributed by atoms with Gasteiger partial charge in [-0.25, -0.2) is 0 Å². The molecule has 0 amide bonds. The Kier molecular flexibility index (Phi) is 5.65. The predicted molar refractivity (Wildman–Crippen MR) is 89.5 cm³/mol. The van der Waals surface area contributed by atoms with E-state index in [2.05, 4.69) is 22.0 Å². The fourth-order valence-electron chi connectivity index (χ4n) is 2.89. The van der Waals surface area contributed by atoms with E-state index in [1.54, 1.807) is 0 Å². The van der Waals surface area contributed by atoms with Crippen LogP contribution in [0.15, 0.2) is 28.8 Å². The van der Waals surface area contributed by atoms with E-state index in [-0.39, 0.29) is 0 Å². The Morgan fingerprint density at radius 2 is 2.17 bits per heavy atom. The molecular formula is C17H22ClN3O2. The smallest absolute Gasteiger partial charge is 0.228 e. The maximum Gasteiger partial charge on any atom is 0.228 e. The summed E-state index contributed by atoms with van der Waals surface area (Å²) in [5.41, 5.74) is 0.880. The molecule has 0 unspecified atom stereocenters. The second-order valence-electron chi connectivity index (χ2n) is 5.77. The molecule has 0 radical (unpaired) electrons. The van der Waals surface area contributed by atoms with Crippen LogP contribution in [0.5, 0.6) is 0 Å². The SMILES string of the molecule is CCOC1CCN(CCc2nc(-c3cccc(Cl)c3)no2)CC1. The molecule has 124 valence electrons. The van der Waals surface area contributed by atoms with Crippen LogP contribution < -0.4 is 0 Å². The van der Waals surface area contributed by atoms with Crippen LogP contribution in [0.25, 0.3) is 11.4 Å². The lowest BCUT2D eigenvalue weighted by atomic mass is 10.1. The number of likely N-dealkylation sites (tertiary alicyclic amines) is 1. The van der Waals surface area contributed by atoms with Gasteiger partial charge in [0, 0.05) is 43.2 Å². The molecule has 1 aromatic heterocycles. The third-order valence-corrected chi connectivity index (χ3v) is 4.36. The number of hydrogen-bond acceptors (Lipinski definition) is 5. The molecule has 0 N–H and O–H groups in total. The van der Waals surface area contributed by atoms with Crippen LogP contribution in [-0.2, 0) is 11.2 Å². The van der Waals surface area contributed by atoms with Crippen molar-refractivity contribution in [3.63, 3.8) is 0 Å². The molecule has 0 bridgehead atoms. The van der Waals surface area contributed by atoms with Crippen molar-refractivity contribution in [2.24, 2.45) is 0 Å². The topological polar surface area (TPSA) is 51.4 Å². The number of ether oxygens (including phenoxy) is 1. The van der Waals surface area contributed by atoms with E-state index < -0.39 is 0 Å². The lowest BCUT2D eigenvalue weighted by Crippen LogP contribution is -2.38. The van der Waals surface area contributed by atoms with E-state index in [1.807, 2.05) is 24.3 Å². The molecule has 3 rings (SSSR count). The van der Waals surface area contributed by atoms with Gasteiger partial charge in [0.05, 0.1) is 6.10 Å². The molecule has 0 saturated carbocycles. The molecule has 1 aromatic carbocycles. The molecule has 0 atom stereocenters. The Bertz CT molecular complexity index is 624. The van der Waals surface area contributed by atoms with Gasteiger partial charge >= 0.3 is 0 Å². The Hall–Kier alpha value is -1.43. The minimum Gasteiger partial charge on any atom is -0.378 e. The first kappa shape index (κ1) is 16.4. The second kappa shape index (κ2) is 7.90. The quantitative estimate of drug-likeness (QED) is 0.809. The minimum absolute atomic E-state index is 0.425. The van der Waals surface area contributed by atoms with Gasteiger partial charge in [0.15, 0.2) is 0 Å². The third-order valence-electron chi connectivity index (χ3n) is 4.13. The van der Waals surface area contributed by atoms with Crippen molar-refractivity contribution in [3.8, 4) is 11.4 Å². The zero-order valence-corrected chi connectivity index (χ0v) is 14.1. The van der Waals surface area contributed by atoms with Crippen LogP contribution in [-0.4, -0.2) is 47.4 Å². The zero-order chi connectivity index (χ0) is 16.1. The van der Waals surface area contributed by atoms with Crippen LogP contribution in [0.2, 0.25) is 5.02 Å². The summed E-state index contributed by atoms with van der Waals surface area (Å²) in [7, 11) is 0. The lowest BCUT2D eigenvalue weighted by Gasteiger charge is -2.31. The van der Waals surface area contributed by atoms with Gasteiger partial charge in [-0.1, -0.05) is 28.9 Å². The fourth-order valence-corrected chi connectivity index (χ4v) is 3.08. The molecule has 0 aliphatic carbocycles. The van der Waals surface area contributed by atoms with Crippen LogP contribution in [0.3, 0.4) is 0 Å². The average molecular weight is 336 g/mol. The van der Waals surface area contributed by atoms with Crippen LogP contribution >= 0.6 is 11.6 Å². The summed E-state index contributed by atoms with van der Waals surface area (Å²) in [5, 5.41) is 4.72. The molecule has 1 saturated heterocycles. The number of aromatic nitrogens is 2. The molecule has 1 aliphatic rings. The van der Waals surface area contributed by atoms with E-state index in [0.717, 1.165) is 51.1 Å². The molecule has 0 spiro atoms. The monoisotopic (exact) mass is 335 g/mol. The summed E-state index contributed by atoms with van der Waals surface area (Å²) in [6.07, 6.45) is 3.40. The van der Waals surface area contributed by atoms with E-state index in [9.17, 15) is 0 Å². The summed E-state index contributed by atoms with van der Waals surface area (Å²) >= 11 is 6.00. The van der Waals surface area contributed by atoms with Crippen molar-refractivity contribution in [1.29, 1.82) is 0 Å². The van der Waals surface area contributed by atoms with Crippen molar-refractivity contribution in [1.82, 2.24) is 15.0 Å². The molecule has 1 aliphatic heterocycles. The Balaban J connectivity index is 1.50. The van der Waals surface area contributed by atoms with Crippen molar-refractivity contribution in [3.05, 3.63) is 35.2 Å². The maximum absolute atomic E-state index is 6.00. The van der Waals surface area contributed by atoms with Gasteiger partial charge in [-0.2, -0.15) is 4.98 Å². The minimum atomic E-state index is 0.425. The van der Waals surface area contributed by atoms with E-state index in [0.29, 0.717) is 22.8 Å². The van der Waals surface area contributed by atoms with Crippen molar-refractivity contribution < 1.29 is 9.26 Å². The van der Waals surface area contributed by atoms with Crippen LogP contribution in [0.4, 0.5) is 0 Å². The van der Waals surface area contributed by atoms with E-state index in [4.69, 9.17) is 20.9 Å². The molecule has 5 nitrogen and oxygen atoms in total. The van der Waals surface area contributed by atoms with E-state index >= 15 is 0 Å². The molecule has 6 heteroatoms. The molecule has 2 heterocycles. The zero-order valence-electron chi connectivity index (χ0n) is 13.4. The highest BCUT2D eigenvalue weighted by Crippen LogP contribution is 2.20. The number of halogens is 1. The van der Waals surface area contributed by atoms with Gasteiger partial charge in [0.1, 0.15) is 0 Å². The number of hydrogen-bond donors (Lipinski definition) is 0. The number of rotatable bonds is 6. The molecule has 2 aromatic rings. The lowest BCUT2D eigenvalue weighted by molar-refractivity contribution is 0.0142. The van der Waals surface area contributed by atoms with Gasteiger partial charge < -0.3 is 14.2 Å². The Morgan fingerprint density at radius 1 is 1.35 bits per heavy atom. The molecule has 23 heavy (non-hydrogen) atoms. The fraction of sp³-hybridized carbons (Fsp3) is 0.529. The predicted octanol–water partition coefficient (Wildman–Crippen LogP) is 3.43. The first-order valence-corrected chi connectivity index (χ1v) is 8.55. The maximum atomic E-state index is 6.00.